The van der Waals surface area contributed by atoms with Gasteiger partial charge in [-0.25, -0.2) is 4.98 Å². The number of likely N-dealkylation sites (N-methyl/N-ethyl adjacent to an activating group) is 1. The van der Waals surface area contributed by atoms with Crippen LogP contribution in [0.1, 0.15) is 11.4 Å². The molecule has 0 saturated carbocycles. The van der Waals surface area contributed by atoms with Gasteiger partial charge in [-0.2, -0.15) is 0 Å². The highest BCUT2D eigenvalue weighted by atomic mass is 15.1. The summed E-state index contributed by atoms with van der Waals surface area (Å²) in [6.07, 6.45) is 2.59. The Morgan fingerprint density at radius 3 is 3.17 bits per heavy atom. The third-order valence-corrected chi connectivity index (χ3v) is 2.10. The van der Waals surface area contributed by atoms with E-state index < -0.39 is 0 Å². The van der Waals surface area contributed by atoms with Crippen LogP contribution in [0.2, 0.25) is 0 Å². The van der Waals surface area contributed by atoms with Gasteiger partial charge in [0.25, 0.3) is 0 Å². The van der Waals surface area contributed by atoms with Gasteiger partial charge in [0.05, 0.1) is 17.6 Å². The van der Waals surface area contributed by atoms with E-state index >= 15 is 0 Å². The van der Waals surface area contributed by atoms with Crippen molar-refractivity contribution in [2.24, 2.45) is 0 Å². The zero-order chi connectivity index (χ0) is 8.55. The van der Waals surface area contributed by atoms with Crippen LogP contribution in [-0.4, -0.2) is 28.5 Å². The second-order valence-corrected chi connectivity index (χ2v) is 3.18. The fraction of sp³-hybridized carbons (Fsp3) is 0.500. The van der Waals surface area contributed by atoms with E-state index in [0.29, 0.717) is 5.82 Å². The van der Waals surface area contributed by atoms with Crippen molar-refractivity contribution in [1.82, 2.24) is 14.9 Å². The number of rotatable bonds is 0. The molecule has 2 rings (SSSR count). The van der Waals surface area contributed by atoms with Crippen molar-refractivity contribution in [3.8, 4) is 0 Å². The standard InChI is InChI=1S/C8H12N4/c1-12-3-2-6-7(5-12)10-4-8(9)11-6/h4H,2-3,5H2,1H3,(H2,9,11). The summed E-state index contributed by atoms with van der Waals surface area (Å²) in [6, 6.07) is 0. The topological polar surface area (TPSA) is 55.0 Å². The molecule has 1 aliphatic rings. The van der Waals surface area contributed by atoms with Gasteiger partial charge in [-0.1, -0.05) is 0 Å². The number of nitrogens with zero attached hydrogens (tertiary/aromatic N) is 3. The maximum absolute atomic E-state index is 5.53. The third kappa shape index (κ3) is 1.25. The van der Waals surface area contributed by atoms with Crippen molar-refractivity contribution < 1.29 is 0 Å². The van der Waals surface area contributed by atoms with E-state index in [1.807, 2.05) is 0 Å². The average molecular weight is 164 g/mol. The fourth-order valence-electron chi connectivity index (χ4n) is 1.43. The SMILES string of the molecule is CN1CCc2nc(N)cnc2C1. The zero-order valence-electron chi connectivity index (χ0n) is 7.12. The van der Waals surface area contributed by atoms with Crippen molar-refractivity contribution in [1.29, 1.82) is 0 Å². The predicted molar refractivity (Wildman–Crippen MR) is 46.5 cm³/mol. The van der Waals surface area contributed by atoms with Crippen LogP contribution in [0.3, 0.4) is 0 Å². The Morgan fingerprint density at radius 2 is 2.33 bits per heavy atom. The summed E-state index contributed by atoms with van der Waals surface area (Å²) in [5.41, 5.74) is 7.66. The Morgan fingerprint density at radius 1 is 1.50 bits per heavy atom. The van der Waals surface area contributed by atoms with E-state index in [1.165, 1.54) is 0 Å². The molecule has 0 radical (unpaired) electrons. The normalized spacial score (nSPS) is 17.4. The van der Waals surface area contributed by atoms with Gasteiger partial charge in [-0.05, 0) is 7.05 Å². The van der Waals surface area contributed by atoms with Crippen LogP contribution < -0.4 is 5.73 Å². The summed E-state index contributed by atoms with van der Waals surface area (Å²) in [5.74, 6) is 0.526. The van der Waals surface area contributed by atoms with Gasteiger partial charge in [0.2, 0.25) is 0 Å². The van der Waals surface area contributed by atoms with Crippen LogP contribution in [0.25, 0.3) is 0 Å². The molecule has 0 aromatic carbocycles. The van der Waals surface area contributed by atoms with Crippen LogP contribution in [0.15, 0.2) is 6.20 Å². The molecule has 0 fully saturated rings. The van der Waals surface area contributed by atoms with Gasteiger partial charge in [0.1, 0.15) is 5.82 Å². The zero-order valence-corrected chi connectivity index (χ0v) is 7.12. The molecule has 4 nitrogen and oxygen atoms in total. The minimum atomic E-state index is 0.526. The Hall–Kier alpha value is -1.16. The number of nitrogens with two attached hydrogens (primary N) is 1. The second-order valence-electron chi connectivity index (χ2n) is 3.18. The molecule has 2 N–H and O–H groups in total. The van der Waals surface area contributed by atoms with Crippen LogP contribution in [-0.2, 0) is 13.0 Å². The maximum Gasteiger partial charge on any atom is 0.142 e. The molecule has 0 atom stereocenters. The van der Waals surface area contributed by atoms with Crippen LogP contribution in [0.5, 0.6) is 0 Å². The van der Waals surface area contributed by atoms with Gasteiger partial charge < -0.3 is 10.6 Å². The minimum absolute atomic E-state index is 0.526. The molecule has 12 heavy (non-hydrogen) atoms. The summed E-state index contributed by atoms with van der Waals surface area (Å²) in [7, 11) is 2.08. The number of nitrogen functional groups attached to an aromatic ring is 1. The van der Waals surface area contributed by atoms with Gasteiger partial charge in [-0.15, -0.1) is 0 Å². The molecule has 4 heteroatoms. The van der Waals surface area contributed by atoms with Crippen molar-refractivity contribution in [2.45, 2.75) is 13.0 Å². The van der Waals surface area contributed by atoms with Crippen LogP contribution >= 0.6 is 0 Å². The first-order valence-electron chi connectivity index (χ1n) is 4.04. The Bertz CT molecular complexity index is 297. The van der Waals surface area contributed by atoms with E-state index in [9.17, 15) is 0 Å². The Labute approximate surface area is 71.4 Å². The van der Waals surface area contributed by atoms with Crippen molar-refractivity contribution in [2.75, 3.05) is 19.3 Å². The van der Waals surface area contributed by atoms with Gasteiger partial charge >= 0.3 is 0 Å². The number of anilines is 1. The van der Waals surface area contributed by atoms with Gasteiger partial charge in [0, 0.05) is 19.5 Å². The second kappa shape index (κ2) is 2.71. The molecular formula is C8H12N4. The van der Waals surface area contributed by atoms with E-state index in [0.717, 1.165) is 30.9 Å². The van der Waals surface area contributed by atoms with Crippen molar-refractivity contribution >= 4 is 5.82 Å². The highest BCUT2D eigenvalue weighted by molar-refractivity contribution is 5.28. The van der Waals surface area contributed by atoms with Gasteiger partial charge in [-0.3, -0.25) is 4.98 Å². The minimum Gasteiger partial charge on any atom is -0.382 e. The number of hydrogen-bond acceptors (Lipinski definition) is 4. The molecule has 0 aliphatic carbocycles. The quantitative estimate of drug-likeness (QED) is 0.588. The van der Waals surface area contributed by atoms with E-state index in [-0.39, 0.29) is 0 Å². The Balaban J connectivity index is 2.37. The summed E-state index contributed by atoms with van der Waals surface area (Å²) in [4.78, 5) is 10.7. The molecule has 0 spiro atoms. The first kappa shape index (κ1) is 7.49. The molecular weight excluding hydrogens is 152 g/mol. The molecule has 1 aromatic heterocycles. The molecule has 0 amide bonds. The van der Waals surface area contributed by atoms with Crippen molar-refractivity contribution in [3.05, 3.63) is 17.6 Å². The number of aromatic nitrogens is 2. The van der Waals surface area contributed by atoms with Crippen LogP contribution in [0.4, 0.5) is 5.82 Å². The first-order chi connectivity index (χ1) is 5.75. The van der Waals surface area contributed by atoms with E-state index in [4.69, 9.17) is 5.73 Å². The lowest BCUT2D eigenvalue weighted by Gasteiger charge is -2.22. The first-order valence-corrected chi connectivity index (χ1v) is 4.04. The van der Waals surface area contributed by atoms with Crippen molar-refractivity contribution in [3.63, 3.8) is 0 Å². The lowest BCUT2D eigenvalue weighted by atomic mass is 10.1. The highest BCUT2D eigenvalue weighted by Crippen LogP contribution is 2.13. The smallest absolute Gasteiger partial charge is 0.142 e. The maximum atomic E-state index is 5.53. The largest absolute Gasteiger partial charge is 0.382 e. The molecule has 1 aromatic rings. The Kier molecular flexibility index (Phi) is 1.69. The van der Waals surface area contributed by atoms with Gasteiger partial charge in [0.15, 0.2) is 0 Å². The fourth-order valence-corrected chi connectivity index (χ4v) is 1.43. The third-order valence-electron chi connectivity index (χ3n) is 2.10. The molecule has 0 unspecified atom stereocenters. The molecule has 0 saturated heterocycles. The highest BCUT2D eigenvalue weighted by Gasteiger charge is 2.14. The monoisotopic (exact) mass is 164 g/mol. The summed E-state index contributed by atoms with van der Waals surface area (Å²) in [6.45, 7) is 1.94. The lowest BCUT2D eigenvalue weighted by molar-refractivity contribution is 0.304. The molecule has 1 aliphatic heterocycles. The predicted octanol–water partition coefficient (Wildman–Crippen LogP) is 0.0467. The summed E-state index contributed by atoms with van der Waals surface area (Å²) in [5, 5.41) is 0. The molecule has 0 bridgehead atoms. The summed E-state index contributed by atoms with van der Waals surface area (Å²) >= 11 is 0. The van der Waals surface area contributed by atoms with E-state index in [2.05, 4.69) is 21.9 Å². The lowest BCUT2D eigenvalue weighted by Crippen LogP contribution is -2.28. The number of hydrogen-bond donors (Lipinski definition) is 1. The molecule has 2 heterocycles. The summed E-state index contributed by atoms with van der Waals surface area (Å²) < 4.78 is 0. The molecule has 64 valence electrons. The van der Waals surface area contributed by atoms with E-state index in [1.54, 1.807) is 6.20 Å². The number of fused-ring (bicyclic) bond motifs is 1. The average Bonchev–Trinajstić information content (AvgIpc) is 2.05. The van der Waals surface area contributed by atoms with Crippen LogP contribution in [0, 0.1) is 0 Å².